The van der Waals surface area contributed by atoms with Gasteiger partial charge in [-0.05, 0) is 30.7 Å². The van der Waals surface area contributed by atoms with Crippen molar-refractivity contribution in [3.05, 3.63) is 48.3 Å². The normalized spacial score (nSPS) is 10.1. The molecule has 0 atom stereocenters. The number of hydrogen-bond acceptors (Lipinski definition) is 3. The van der Waals surface area contributed by atoms with Crippen molar-refractivity contribution < 1.29 is 9.53 Å². The van der Waals surface area contributed by atoms with Gasteiger partial charge in [-0.25, -0.2) is 0 Å². The standard InChI is InChI=1S/C15H15NO2/c1-3-18-14-6-4-5-12(9-14)13-7-8-15(11(2)17)16-10-13/h4-10H,3H2,1-2H3. The Balaban J connectivity index is 2.30. The smallest absolute Gasteiger partial charge is 0.178 e. The maximum absolute atomic E-state index is 11.1. The number of Topliss-reactive ketones (excluding diaryl/α,β-unsaturated/α-hetero) is 1. The molecule has 0 aliphatic carbocycles. The molecule has 0 radical (unpaired) electrons. The fraction of sp³-hybridized carbons (Fsp3) is 0.200. The molecule has 3 nitrogen and oxygen atoms in total. The number of carbonyl (C=O) groups excluding carboxylic acids is 1. The average molecular weight is 241 g/mol. The number of rotatable bonds is 4. The fourth-order valence-corrected chi connectivity index (χ4v) is 1.70. The molecular weight excluding hydrogens is 226 g/mol. The van der Waals surface area contributed by atoms with Crippen LogP contribution < -0.4 is 4.74 Å². The number of ether oxygens (including phenoxy) is 1. The first-order valence-corrected chi connectivity index (χ1v) is 5.91. The van der Waals surface area contributed by atoms with Crippen molar-refractivity contribution in [1.82, 2.24) is 4.98 Å². The highest BCUT2D eigenvalue weighted by Crippen LogP contribution is 2.23. The van der Waals surface area contributed by atoms with Crippen LogP contribution in [0.5, 0.6) is 5.75 Å². The van der Waals surface area contributed by atoms with Gasteiger partial charge in [0.05, 0.1) is 6.61 Å². The van der Waals surface area contributed by atoms with Crippen molar-refractivity contribution in [2.75, 3.05) is 6.61 Å². The van der Waals surface area contributed by atoms with Gasteiger partial charge in [-0.1, -0.05) is 18.2 Å². The summed E-state index contributed by atoms with van der Waals surface area (Å²) >= 11 is 0. The summed E-state index contributed by atoms with van der Waals surface area (Å²) in [5, 5.41) is 0. The van der Waals surface area contributed by atoms with Gasteiger partial charge in [0.25, 0.3) is 0 Å². The first-order chi connectivity index (χ1) is 8.70. The molecule has 18 heavy (non-hydrogen) atoms. The highest BCUT2D eigenvalue weighted by Gasteiger charge is 2.03. The van der Waals surface area contributed by atoms with Gasteiger partial charge in [0, 0.05) is 18.7 Å². The molecule has 0 fully saturated rings. The Labute approximate surface area is 106 Å². The van der Waals surface area contributed by atoms with Crippen molar-refractivity contribution in [3.63, 3.8) is 0 Å². The van der Waals surface area contributed by atoms with E-state index in [1.165, 1.54) is 6.92 Å². The topological polar surface area (TPSA) is 39.2 Å². The zero-order valence-electron chi connectivity index (χ0n) is 10.5. The van der Waals surface area contributed by atoms with E-state index in [4.69, 9.17) is 4.74 Å². The third kappa shape index (κ3) is 2.74. The maximum Gasteiger partial charge on any atom is 0.178 e. The number of aromatic nitrogens is 1. The van der Waals surface area contributed by atoms with E-state index in [9.17, 15) is 4.79 Å². The predicted octanol–water partition coefficient (Wildman–Crippen LogP) is 3.35. The minimum atomic E-state index is -0.0235. The van der Waals surface area contributed by atoms with Crippen molar-refractivity contribution in [2.45, 2.75) is 13.8 Å². The summed E-state index contributed by atoms with van der Waals surface area (Å²) < 4.78 is 5.46. The van der Waals surface area contributed by atoms with Crippen LogP contribution in [-0.4, -0.2) is 17.4 Å². The monoisotopic (exact) mass is 241 g/mol. The Morgan fingerprint density at radius 2 is 2.06 bits per heavy atom. The number of pyridine rings is 1. The molecule has 2 rings (SSSR count). The molecule has 0 aliphatic heterocycles. The SMILES string of the molecule is CCOc1cccc(-c2ccc(C(C)=O)nc2)c1. The van der Waals surface area contributed by atoms with Gasteiger partial charge >= 0.3 is 0 Å². The zero-order valence-corrected chi connectivity index (χ0v) is 10.5. The summed E-state index contributed by atoms with van der Waals surface area (Å²) in [7, 11) is 0. The van der Waals surface area contributed by atoms with Gasteiger partial charge in [-0.15, -0.1) is 0 Å². The van der Waals surface area contributed by atoms with Gasteiger partial charge in [-0.2, -0.15) is 0 Å². The van der Waals surface area contributed by atoms with E-state index in [2.05, 4.69) is 4.98 Å². The maximum atomic E-state index is 11.1. The lowest BCUT2D eigenvalue weighted by atomic mass is 10.1. The number of ketones is 1. The highest BCUT2D eigenvalue weighted by molar-refractivity contribution is 5.92. The second-order valence-corrected chi connectivity index (χ2v) is 3.95. The van der Waals surface area contributed by atoms with Crippen LogP contribution in [0.4, 0.5) is 0 Å². The van der Waals surface area contributed by atoms with Crippen LogP contribution in [0.2, 0.25) is 0 Å². The van der Waals surface area contributed by atoms with Crippen LogP contribution in [0.25, 0.3) is 11.1 Å². The molecule has 0 amide bonds. The van der Waals surface area contributed by atoms with Crippen LogP contribution in [0, 0.1) is 0 Å². The highest BCUT2D eigenvalue weighted by atomic mass is 16.5. The number of carbonyl (C=O) groups is 1. The Morgan fingerprint density at radius 3 is 2.67 bits per heavy atom. The lowest BCUT2D eigenvalue weighted by Crippen LogP contribution is -1.96. The summed E-state index contributed by atoms with van der Waals surface area (Å²) in [5.41, 5.74) is 2.49. The summed E-state index contributed by atoms with van der Waals surface area (Å²) in [6, 6.07) is 11.5. The molecule has 1 aromatic heterocycles. The molecule has 2 aromatic rings. The van der Waals surface area contributed by atoms with E-state index < -0.39 is 0 Å². The second kappa shape index (κ2) is 5.45. The Hall–Kier alpha value is -2.16. The largest absolute Gasteiger partial charge is 0.494 e. The van der Waals surface area contributed by atoms with Crippen LogP contribution in [0.3, 0.4) is 0 Å². The minimum absolute atomic E-state index is 0.0235. The van der Waals surface area contributed by atoms with Crippen molar-refractivity contribution in [1.29, 1.82) is 0 Å². The molecule has 92 valence electrons. The van der Waals surface area contributed by atoms with E-state index in [-0.39, 0.29) is 5.78 Å². The predicted molar refractivity (Wildman–Crippen MR) is 70.8 cm³/mol. The van der Waals surface area contributed by atoms with Crippen molar-refractivity contribution in [3.8, 4) is 16.9 Å². The summed E-state index contributed by atoms with van der Waals surface area (Å²) in [4.78, 5) is 15.3. The quantitative estimate of drug-likeness (QED) is 0.770. The Kier molecular flexibility index (Phi) is 3.72. The Morgan fingerprint density at radius 1 is 1.22 bits per heavy atom. The van der Waals surface area contributed by atoms with Crippen LogP contribution in [-0.2, 0) is 0 Å². The summed E-state index contributed by atoms with van der Waals surface area (Å²) in [5.74, 6) is 0.815. The van der Waals surface area contributed by atoms with E-state index >= 15 is 0 Å². The zero-order chi connectivity index (χ0) is 13.0. The fourth-order valence-electron chi connectivity index (χ4n) is 1.70. The minimum Gasteiger partial charge on any atom is -0.494 e. The third-order valence-electron chi connectivity index (χ3n) is 2.60. The molecule has 0 unspecified atom stereocenters. The van der Waals surface area contributed by atoms with E-state index in [1.54, 1.807) is 12.3 Å². The number of nitrogens with zero attached hydrogens (tertiary/aromatic N) is 1. The molecule has 1 heterocycles. The molecule has 0 saturated carbocycles. The first-order valence-electron chi connectivity index (χ1n) is 5.91. The first kappa shape index (κ1) is 12.3. The summed E-state index contributed by atoms with van der Waals surface area (Å²) in [6.45, 7) is 4.11. The molecule has 0 spiro atoms. The van der Waals surface area contributed by atoms with Gasteiger partial charge in [0.2, 0.25) is 0 Å². The summed E-state index contributed by atoms with van der Waals surface area (Å²) in [6.07, 6.45) is 1.71. The molecule has 0 bridgehead atoms. The van der Waals surface area contributed by atoms with Crippen molar-refractivity contribution in [2.24, 2.45) is 0 Å². The molecule has 0 saturated heterocycles. The lowest BCUT2D eigenvalue weighted by molar-refractivity contribution is 0.101. The third-order valence-corrected chi connectivity index (χ3v) is 2.60. The Bertz CT molecular complexity index is 547. The molecule has 0 aliphatic rings. The second-order valence-electron chi connectivity index (χ2n) is 3.95. The van der Waals surface area contributed by atoms with Gasteiger partial charge in [-0.3, -0.25) is 9.78 Å². The lowest BCUT2D eigenvalue weighted by Gasteiger charge is -2.06. The van der Waals surface area contributed by atoms with E-state index in [0.29, 0.717) is 12.3 Å². The molecule has 0 N–H and O–H groups in total. The van der Waals surface area contributed by atoms with E-state index in [0.717, 1.165) is 16.9 Å². The van der Waals surface area contributed by atoms with Crippen LogP contribution in [0.1, 0.15) is 24.3 Å². The van der Waals surface area contributed by atoms with Crippen molar-refractivity contribution >= 4 is 5.78 Å². The van der Waals surface area contributed by atoms with Gasteiger partial charge < -0.3 is 4.74 Å². The molecule has 3 heteroatoms. The number of benzene rings is 1. The van der Waals surface area contributed by atoms with E-state index in [1.807, 2.05) is 37.3 Å². The number of hydrogen-bond donors (Lipinski definition) is 0. The van der Waals surface area contributed by atoms with Crippen LogP contribution in [0.15, 0.2) is 42.6 Å². The van der Waals surface area contributed by atoms with Crippen LogP contribution >= 0.6 is 0 Å². The molecule has 1 aromatic carbocycles. The average Bonchev–Trinajstić information content (AvgIpc) is 2.39. The van der Waals surface area contributed by atoms with Gasteiger partial charge in [0.1, 0.15) is 11.4 Å². The molecular formula is C15H15NO2. The van der Waals surface area contributed by atoms with Gasteiger partial charge in [0.15, 0.2) is 5.78 Å².